The van der Waals surface area contributed by atoms with Gasteiger partial charge in [0.1, 0.15) is 6.04 Å². The van der Waals surface area contributed by atoms with Gasteiger partial charge in [0.05, 0.1) is 26.9 Å². The molecule has 1 aliphatic rings. The molecule has 0 spiro atoms. The van der Waals surface area contributed by atoms with Crippen LogP contribution >= 0.6 is 0 Å². The number of rotatable bonds is 12. The van der Waals surface area contributed by atoms with Crippen molar-refractivity contribution >= 4 is 17.8 Å². The molecule has 9 nitrogen and oxygen atoms in total. The Morgan fingerprint density at radius 2 is 1.97 bits per heavy atom. The van der Waals surface area contributed by atoms with Gasteiger partial charge < -0.3 is 25.2 Å². The van der Waals surface area contributed by atoms with Crippen LogP contribution in [0.3, 0.4) is 0 Å². The summed E-state index contributed by atoms with van der Waals surface area (Å²) in [7, 11) is 3.10. The third-order valence-electron chi connectivity index (χ3n) is 5.71. The Hall–Kier alpha value is -2.81. The van der Waals surface area contributed by atoms with Crippen molar-refractivity contribution in [3.8, 4) is 11.5 Å². The standard InChI is InChI=1S/C22H33N3O6/c1-5-14(2)17(13-26)23-20(27)9-7-16-21(28)25(22(29)24-16)11-10-15-6-8-18(30-3)19(12-15)31-4/h6,8,12,14,16-17,26H,5,7,9-11,13H2,1-4H3,(H,23,27)(H,24,29). The number of urea groups is 1. The van der Waals surface area contributed by atoms with Crippen LogP contribution in [0.5, 0.6) is 11.5 Å². The van der Waals surface area contributed by atoms with E-state index in [0.717, 1.165) is 12.0 Å². The third kappa shape index (κ3) is 6.33. The average molecular weight is 436 g/mol. The normalized spacial score (nSPS) is 17.8. The van der Waals surface area contributed by atoms with Gasteiger partial charge in [0.2, 0.25) is 5.91 Å². The zero-order valence-electron chi connectivity index (χ0n) is 18.6. The van der Waals surface area contributed by atoms with Gasteiger partial charge in [0.15, 0.2) is 11.5 Å². The van der Waals surface area contributed by atoms with Crippen LogP contribution in [-0.2, 0) is 16.0 Å². The molecule has 172 valence electrons. The molecule has 31 heavy (non-hydrogen) atoms. The number of ether oxygens (including phenoxy) is 2. The van der Waals surface area contributed by atoms with Gasteiger partial charge in [-0.1, -0.05) is 26.3 Å². The number of amides is 4. The molecule has 0 aliphatic carbocycles. The molecule has 1 aliphatic heterocycles. The molecule has 1 saturated heterocycles. The van der Waals surface area contributed by atoms with Gasteiger partial charge in [-0.15, -0.1) is 0 Å². The monoisotopic (exact) mass is 435 g/mol. The van der Waals surface area contributed by atoms with Crippen LogP contribution in [0.2, 0.25) is 0 Å². The maximum atomic E-state index is 12.6. The predicted molar refractivity (Wildman–Crippen MR) is 115 cm³/mol. The highest BCUT2D eigenvalue weighted by Gasteiger charge is 2.37. The molecule has 4 amide bonds. The van der Waals surface area contributed by atoms with Crippen molar-refractivity contribution in [2.24, 2.45) is 5.92 Å². The lowest BCUT2D eigenvalue weighted by Gasteiger charge is -2.22. The predicted octanol–water partition coefficient (Wildman–Crippen LogP) is 1.47. The van der Waals surface area contributed by atoms with Gasteiger partial charge in [-0.05, 0) is 36.5 Å². The second kappa shape index (κ2) is 11.5. The number of carbonyl (C=O) groups is 3. The number of carbonyl (C=O) groups excluding carboxylic acids is 3. The molecule has 2 rings (SSSR count). The van der Waals surface area contributed by atoms with Gasteiger partial charge in [-0.2, -0.15) is 0 Å². The first-order valence-corrected chi connectivity index (χ1v) is 10.6. The molecule has 3 unspecified atom stereocenters. The quantitative estimate of drug-likeness (QED) is 0.428. The van der Waals surface area contributed by atoms with Crippen LogP contribution in [-0.4, -0.2) is 67.3 Å². The topological polar surface area (TPSA) is 117 Å². The fraction of sp³-hybridized carbons (Fsp3) is 0.591. The van der Waals surface area contributed by atoms with E-state index in [-0.39, 0.29) is 49.8 Å². The van der Waals surface area contributed by atoms with Crippen LogP contribution < -0.4 is 20.1 Å². The summed E-state index contributed by atoms with van der Waals surface area (Å²) in [4.78, 5) is 38.3. The summed E-state index contributed by atoms with van der Waals surface area (Å²) >= 11 is 0. The lowest BCUT2D eigenvalue weighted by molar-refractivity contribution is -0.127. The van der Waals surface area contributed by atoms with E-state index in [0.29, 0.717) is 17.9 Å². The van der Waals surface area contributed by atoms with Crippen LogP contribution in [0.4, 0.5) is 4.79 Å². The summed E-state index contributed by atoms with van der Waals surface area (Å²) in [6.45, 7) is 4.04. The summed E-state index contributed by atoms with van der Waals surface area (Å²) in [6.07, 6.45) is 1.60. The molecule has 1 aromatic rings. The number of nitrogens with one attached hydrogen (secondary N) is 2. The van der Waals surface area contributed by atoms with Crippen molar-refractivity contribution in [1.29, 1.82) is 0 Å². The zero-order valence-corrected chi connectivity index (χ0v) is 18.6. The molecule has 3 atom stereocenters. The number of nitrogens with zero attached hydrogens (tertiary/aromatic N) is 1. The molecule has 3 N–H and O–H groups in total. The molecule has 0 aromatic heterocycles. The molecule has 1 fully saturated rings. The molecule has 1 aromatic carbocycles. The second-order valence-corrected chi connectivity index (χ2v) is 7.71. The minimum Gasteiger partial charge on any atom is -0.493 e. The Kier molecular flexibility index (Phi) is 9.11. The van der Waals surface area contributed by atoms with Crippen LogP contribution in [0.25, 0.3) is 0 Å². The highest BCUT2D eigenvalue weighted by Crippen LogP contribution is 2.28. The Balaban J connectivity index is 1.87. The maximum Gasteiger partial charge on any atom is 0.324 e. The van der Waals surface area contributed by atoms with Crippen molar-refractivity contribution in [1.82, 2.24) is 15.5 Å². The number of hydrogen-bond acceptors (Lipinski definition) is 6. The van der Waals surface area contributed by atoms with E-state index in [4.69, 9.17) is 9.47 Å². The molecule has 0 saturated carbocycles. The first kappa shape index (κ1) is 24.5. The van der Waals surface area contributed by atoms with Crippen molar-refractivity contribution in [3.63, 3.8) is 0 Å². The van der Waals surface area contributed by atoms with E-state index in [9.17, 15) is 19.5 Å². The van der Waals surface area contributed by atoms with Gasteiger partial charge in [-0.25, -0.2) is 4.79 Å². The lowest BCUT2D eigenvalue weighted by Crippen LogP contribution is -2.42. The Bertz CT molecular complexity index is 785. The molecular formula is C22H33N3O6. The number of methoxy groups -OCH3 is 2. The second-order valence-electron chi connectivity index (χ2n) is 7.71. The first-order chi connectivity index (χ1) is 14.8. The number of imide groups is 1. The Morgan fingerprint density at radius 3 is 2.58 bits per heavy atom. The average Bonchev–Trinajstić information content (AvgIpc) is 3.06. The molecular weight excluding hydrogens is 402 g/mol. The van der Waals surface area contributed by atoms with E-state index in [2.05, 4.69) is 10.6 Å². The largest absolute Gasteiger partial charge is 0.493 e. The van der Waals surface area contributed by atoms with Crippen molar-refractivity contribution in [2.75, 3.05) is 27.4 Å². The smallest absolute Gasteiger partial charge is 0.324 e. The van der Waals surface area contributed by atoms with Crippen LogP contribution in [0.15, 0.2) is 18.2 Å². The van der Waals surface area contributed by atoms with Gasteiger partial charge in [0, 0.05) is 13.0 Å². The molecule has 9 heteroatoms. The SMILES string of the molecule is CCC(C)C(CO)NC(=O)CCC1NC(=O)N(CCc2ccc(OC)c(OC)c2)C1=O. The molecule has 0 bridgehead atoms. The fourth-order valence-corrected chi connectivity index (χ4v) is 3.47. The Labute approximate surface area is 183 Å². The number of hydrogen-bond donors (Lipinski definition) is 3. The van der Waals surface area contributed by atoms with Gasteiger partial charge >= 0.3 is 6.03 Å². The summed E-state index contributed by atoms with van der Waals surface area (Å²) in [5, 5.41) is 14.9. The number of aliphatic hydroxyl groups is 1. The summed E-state index contributed by atoms with van der Waals surface area (Å²) < 4.78 is 10.5. The van der Waals surface area contributed by atoms with Crippen molar-refractivity contribution in [2.45, 2.75) is 51.6 Å². The van der Waals surface area contributed by atoms with Gasteiger partial charge in [-0.3, -0.25) is 14.5 Å². The first-order valence-electron chi connectivity index (χ1n) is 10.6. The fourth-order valence-electron chi connectivity index (χ4n) is 3.47. The van der Waals surface area contributed by atoms with E-state index in [1.807, 2.05) is 26.0 Å². The lowest BCUT2D eigenvalue weighted by atomic mass is 9.99. The van der Waals surface area contributed by atoms with Crippen molar-refractivity contribution in [3.05, 3.63) is 23.8 Å². The van der Waals surface area contributed by atoms with E-state index in [1.165, 1.54) is 4.90 Å². The summed E-state index contributed by atoms with van der Waals surface area (Å²) in [5.74, 6) is 0.758. The molecule has 1 heterocycles. The Morgan fingerprint density at radius 1 is 1.26 bits per heavy atom. The zero-order chi connectivity index (χ0) is 23.0. The van der Waals surface area contributed by atoms with E-state index in [1.54, 1.807) is 20.3 Å². The summed E-state index contributed by atoms with van der Waals surface area (Å²) in [5.41, 5.74) is 0.904. The van der Waals surface area contributed by atoms with E-state index < -0.39 is 12.1 Å². The van der Waals surface area contributed by atoms with Gasteiger partial charge in [0.25, 0.3) is 5.91 Å². The van der Waals surface area contributed by atoms with Crippen LogP contribution in [0.1, 0.15) is 38.7 Å². The molecule has 0 radical (unpaired) electrons. The maximum absolute atomic E-state index is 12.6. The van der Waals surface area contributed by atoms with E-state index >= 15 is 0 Å². The number of aliphatic hydroxyl groups excluding tert-OH is 1. The third-order valence-corrected chi connectivity index (χ3v) is 5.71. The number of benzene rings is 1. The minimum absolute atomic E-state index is 0.0904. The van der Waals surface area contributed by atoms with Crippen molar-refractivity contribution < 1.29 is 29.0 Å². The van der Waals surface area contributed by atoms with Crippen LogP contribution in [0, 0.1) is 5.92 Å². The highest BCUT2D eigenvalue weighted by atomic mass is 16.5. The summed E-state index contributed by atoms with van der Waals surface area (Å²) in [6, 6.07) is 3.96. The highest BCUT2D eigenvalue weighted by molar-refractivity contribution is 6.04. The minimum atomic E-state index is -0.722.